The molecule has 2 aromatic rings. The lowest BCUT2D eigenvalue weighted by molar-refractivity contribution is -0.121. The second-order valence-corrected chi connectivity index (χ2v) is 6.60. The fourth-order valence-electron chi connectivity index (χ4n) is 3.21. The number of piperidine rings is 1. The van der Waals surface area contributed by atoms with E-state index < -0.39 is 0 Å². The molecule has 2 heterocycles. The minimum Gasteiger partial charge on any atom is -0.392 e. The van der Waals surface area contributed by atoms with Crippen LogP contribution in [0.1, 0.15) is 30.9 Å². The summed E-state index contributed by atoms with van der Waals surface area (Å²) in [5.41, 5.74) is 2.95. The van der Waals surface area contributed by atoms with Crippen molar-refractivity contribution < 1.29 is 9.90 Å². The van der Waals surface area contributed by atoms with Gasteiger partial charge in [-0.15, -0.1) is 0 Å². The Balaban J connectivity index is 1.46. The Bertz CT molecular complexity index is 688. The number of nitrogens with zero attached hydrogens (tertiary/aromatic N) is 3. The maximum atomic E-state index is 12.4. The Labute approximate surface area is 148 Å². The van der Waals surface area contributed by atoms with Crippen molar-refractivity contribution in [3.05, 3.63) is 47.8 Å². The molecule has 2 N–H and O–H groups in total. The maximum Gasteiger partial charge on any atom is 0.227 e. The van der Waals surface area contributed by atoms with Crippen LogP contribution in [0.3, 0.4) is 0 Å². The van der Waals surface area contributed by atoms with Crippen LogP contribution in [0.25, 0.3) is 0 Å². The number of amides is 1. The molecule has 1 amide bonds. The average molecular weight is 342 g/mol. The molecule has 3 rings (SSSR count). The monoisotopic (exact) mass is 342 g/mol. The van der Waals surface area contributed by atoms with Crippen molar-refractivity contribution in [3.63, 3.8) is 0 Å². The predicted molar refractivity (Wildman–Crippen MR) is 96.9 cm³/mol. The lowest BCUT2D eigenvalue weighted by atomic mass is 9.95. The van der Waals surface area contributed by atoms with Gasteiger partial charge in [-0.25, -0.2) is 0 Å². The van der Waals surface area contributed by atoms with Crippen molar-refractivity contribution in [1.82, 2.24) is 14.7 Å². The molecular formula is C19H26N4O2. The number of carbonyl (C=O) groups is 1. The molecular weight excluding hydrogens is 316 g/mol. The second-order valence-electron chi connectivity index (χ2n) is 6.60. The molecule has 1 aliphatic rings. The van der Waals surface area contributed by atoms with Crippen LogP contribution in [0.5, 0.6) is 0 Å². The predicted octanol–water partition coefficient (Wildman–Crippen LogP) is 2.25. The minimum atomic E-state index is 0.0676. The third-order valence-corrected chi connectivity index (χ3v) is 4.79. The molecule has 1 aromatic carbocycles. The topological polar surface area (TPSA) is 70.4 Å². The molecule has 0 radical (unpaired) electrons. The molecule has 6 nitrogen and oxygen atoms in total. The number of aryl methyl sites for hydroxylation is 1. The first kappa shape index (κ1) is 17.6. The number of aliphatic hydroxyl groups excluding tert-OH is 1. The normalized spacial score (nSPS) is 16.1. The second kappa shape index (κ2) is 8.27. The van der Waals surface area contributed by atoms with Gasteiger partial charge in [0, 0.05) is 25.2 Å². The number of aromatic nitrogens is 2. The van der Waals surface area contributed by atoms with Crippen molar-refractivity contribution in [3.8, 4) is 0 Å². The van der Waals surface area contributed by atoms with E-state index in [0.29, 0.717) is 0 Å². The van der Waals surface area contributed by atoms with E-state index in [4.69, 9.17) is 5.11 Å². The summed E-state index contributed by atoms with van der Waals surface area (Å²) in [6, 6.07) is 8.06. The van der Waals surface area contributed by atoms with Crippen LogP contribution in [-0.2, 0) is 24.5 Å². The number of hydrogen-bond donors (Lipinski definition) is 2. The summed E-state index contributed by atoms with van der Waals surface area (Å²) >= 11 is 0. The van der Waals surface area contributed by atoms with Crippen LogP contribution in [-0.4, -0.2) is 38.8 Å². The van der Waals surface area contributed by atoms with Crippen LogP contribution in [0, 0.1) is 5.92 Å². The van der Waals surface area contributed by atoms with Gasteiger partial charge in [0.05, 0.1) is 18.5 Å². The van der Waals surface area contributed by atoms with Gasteiger partial charge in [-0.05, 0) is 44.0 Å². The molecule has 1 fully saturated rings. The van der Waals surface area contributed by atoms with E-state index in [1.54, 1.807) is 10.9 Å². The van der Waals surface area contributed by atoms with E-state index >= 15 is 0 Å². The largest absolute Gasteiger partial charge is 0.392 e. The Hall–Kier alpha value is -2.18. The molecule has 0 aliphatic carbocycles. The first-order chi connectivity index (χ1) is 12.2. The highest BCUT2D eigenvalue weighted by Gasteiger charge is 2.25. The van der Waals surface area contributed by atoms with E-state index in [1.807, 2.05) is 25.3 Å². The third-order valence-electron chi connectivity index (χ3n) is 4.79. The first-order valence-electron chi connectivity index (χ1n) is 8.92. The fourth-order valence-corrected chi connectivity index (χ4v) is 3.21. The van der Waals surface area contributed by atoms with Crippen LogP contribution >= 0.6 is 0 Å². The first-order valence-corrected chi connectivity index (χ1v) is 8.92. The van der Waals surface area contributed by atoms with Crippen molar-refractivity contribution >= 4 is 11.6 Å². The number of carbonyl (C=O) groups excluding carboxylic acids is 1. The molecule has 0 unspecified atom stereocenters. The number of benzene rings is 1. The van der Waals surface area contributed by atoms with Gasteiger partial charge in [0.2, 0.25) is 5.91 Å². The summed E-state index contributed by atoms with van der Waals surface area (Å²) in [4.78, 5) is 14.8. The highest BCUT2D eigenvalue weighted by molar-refractivity contribution is 5.92. The maximum absolute atomic E-state index is 12.4. The average Bonchev–Trinajstić information content (AvgIpc) is 3.10. The van der Waals surface area contributed by atoms with Gasteiger partial charge in [-0.1, -0.05) is 24.3 Å². The van der Waals surface area contributed by atoms with E-state index in [9.17, 15) is 4.79 Å². The molecule has 0 saturated carbocycles. The van der Waals surface area contributed by atoms with Crippen LogP contribution in [0.15, 0.2) is 36.7 Å². The highest BCUT2D eigenvalue weighted by Crippen LogP contribution is 2.21. The zero-order chi connectivity index (χ0) is 17.6. The van der Waals surface area contributed by atoms with Gasteiger partial charge >= 0.3 is 0 Å². The molecule has 1 saturated heterocycles. The SMILES string of the molecule is CCn1cc(NC(=O)C2CCN(Cc3ccc(CO)cc3)CC2)cn1. The fraction of sp³-hybridized carbons (Fsp3) is 0.474. The summed E-state index contributed by atoms with van der Waals surface area (Å²) in [5, 5.41) is 16.3. The van der Waals surface area contributed by atoms with E-state index in [2.05, 4.69) is 27.4 Å². The number of aliphatic hydroxyl groups is 1. The number of rotatable bonds is 6. The Morgan fingerprint density at radius 3 is 2.52 bits per heavy atom. The van der Waals surface area contributed by atoms with E-state index in [0.717, 1.165) is 50.3 Å². The van der Waals surface area contributed by atoms with Gasteiger partial charge in [-0.3, -0.25) is 14.4 Å². The van der Waals surface area contributed by atoms with Gasteiger partial charge in [0.1, 0.15) is 0 Å². The van der Waals surface area contributed by atoms with Gasteiger partial charge in [0.15, 0.2) is 0 Å². The smallest absolute Gasteiger partial charge is 0.227 e. The summed E-state index contributed by atoms with van der Waals surface area (Å²) in [7, 11) is 0. The lowest BCUT2D eigenvalue weighted by Gasteiger charge is -2.31. The summed E-state index contributed by atoms with van der Waals surface area (Å²) in [5.74, 6) is 0.167. The molecule has 0 atom stereocenters. The number of nitrogens with one attached hydrogen (secondary N) is 1. The van der Waals surface area contributed by atoms with Crippen molar-refractivity contribution in [2.45, 2.75) is 39.5 Å². The minimum absolute atomic E-state index is 0.0676. The zero-order valence-electron chi connectivity index (χ0n) is 14.7. The van der Waals surface area contributed by atoms with Crippen molar-refractivity contribution in [2.75, 3.05) is 18.4 Å². The molecule has 134 valence electrons. The standard InChI is InChI=1S/C19H26N4O2/c1-2-23-13-18(11-20-23)21-19(25)17-7-9-22(10-8-17)12-15-3-5-16(14-24)6-4-15/h3-6,11,13,17,24H,2,7-10,12,14H2,1H3,(H,21,25). The molecule has 1 aliphatic heterocycles. The molecule has 1 aromatic heterocycles. The zero-order valence-corrected chi connectivity index (χ0v) is 14.7. The quantitative estimate of drug-likeness (QED) is 0.845. The molecule has 0 spiro atoms. The highest BCUT2D eigenvalue weighted by atomic mass is 16.3. The number of anilines is 1. The van der Waals surface area contributed by atoms with Crippen LogP contribution in [0.4, 0.5) is 5.69 Å². The van der Waals surface area contributed by atoms with Gasteiger partial charge in [0.25, 0.3) is 0 Å². The Morgan fingerprint density at radius 1 is 1.24 bits per heavy atom. The van der Waals surface area contributed by atoms with Gasteiger partial charge in [-0.2, -0.15) is 5.10 Å². The number of likely N-dealkylation sites (tertiary alicyclic amines) is 1. The van der Waals surface area contributed by atoms with Crippen molar-refractivity contribution in [1.29, 1.82) is 0 Å². The van der Waals surface area contributed by atoms with E-state index in [1.165, 1.54) is 5.56 Å². The summed E-state index contributed by atoms with van der Waals surface area (Å²) in [6.45, 7) is 5.64. The number of hydrogen-bond acceptors (Lipinski definition) is 4. The lowest BCUT2D eigenvalue weighted by Crippen LogP contribution is -2.37. The van der Waals surface area contributed by atoms with Gasteiger partial charge < -0.3 is 10.4 Å². The van der Waals surface area contributed by atoms with E-state index in [-0.39, 0.29) is 18.4 Å². The van der Waals surface area contributed by atoms with Crippen molar-refractivity contribution in [2.24, 2.45) is 5.92 Å². The molecule has 6 heteroatoms. The Kier molecular flexibility index (Phi) is 5.83. The molecule has 0 bridgehead atoms. The summed E-state index contributed by atoms with van der Waals surface area (Å²) in [6.07, 6.45) is 5.32. The summed E-state index contributed by atoms with van der Waals surface area (Å²) < 4.78 is 1.81. The van der Waals surface area contributed by atoms with Crippen LogP contribution in [0.2, 0.25) is 0 Å². The molecule has 25 heavy (non-hydrogen) atoms. The third kappa shape index (κ3) is 4.67. The Morgan fingerprint density at radius 2 is 1.92 bits per heavy atom. The van der Waals surface area contributed by atoms with Crippen LogP contribution < -0.4 is 5.32 Å².